The molecule has 1 saturated heterocycles. The number of hydrogen-bond donors (Lipinski definition) is 0. The summed E-state index contributed by atoms with van der Waals surface area (Å²) in [7, 11) is -3.90. The Labute approximate surface area is 109 Å². The Morgan fingerprint density at radius 2 is 2.11 bits per heavy atom. The molecule has 0 saturated carbocycles. The van der Waals surface area contributed by atoms with Gasteiger partial charge in [-0.25, -0.2) is 17.2 Å². The maximum Gasteiger partial charge on any atom is 0.245 e. The number of hydrogen-bond acceptors (Lipinski definition) is 2. The van der Waals surface area contributed by atoms with Gasteiger partial charge in [-0.05, 0) is 24.5 Å². The highest BCUT2D eigenvalue weighted by atomic mass is 35.5. The van der Waals surface area contributed by atoms with Crippen LogP contribution in [0.25, 0.3) is 0 Å². The third kappa shape index (κ3) is 2.50. The molecular weight excluding hydrogens is 284 g/mol. The summed E-state index contributed by atoms with van der Waals surface area (Å²) < 4.78 is 51.8. The normalized spacial score (nSPS) is 21.4. The van der Waals surface area contributed by atoms with Crippen LogP contribution >= 0.6 is 11.6 Å². The highest BCUT2D eigenvalue weighted by Gasteiger charge is 2.33. The molecule has 7 heteroatoms. The molecule has 100 valence electrons. The van der Waals surface area contributed by atoms with Gasteiger partial charge in [0.2, 0.25) is 10.0 Å². The van der Waals surface area contributed by atoms with E-state index in [0.717, 1.165) is 12.1 Å². The number of rotatable bonds is 3. The molecule has 2 rings (SSSR count). The number of halogens is 3. The van der Waals surface area contributed by atoms with Crippen molar-refractivity contribution >= 4 is 21.6 Å². The highest BCUT2D eigenvalue weighted by molar-refractivity contribution is 7.89. The smallest absolute Gasteiger partial charge is 0.207 e. The van der Waals surface area contributed by atoms with Gasteiger partial charge in [0, 0.05) is 25.0 Å². The molecule has 0 radical (unpaired) electrons. The Kier molecular flexibility index (Phi) is 3.89. The quantitative estimate of drug-likeness (QED) is 0.802. The van der Waals surface area contributed by atoms with E-state index in [1.54, 1.807) is 0 Å². The number of sulfonamides is 1. The SMILES string of the molecule is O=S(=O)(c1ccc(F)cc1F)N1CCC(CCl)C1. The minimum absolute atomic E-state index is 0.0879. The minimum atomic E-state index is -3.90. The molecule has 1 atom stereocenters. The molecule has 3 nitrogen and oxygen atoms in total. The Morgan fingerprint density at radius 3 is 2.67 bits per heavy atom. The second-order valence-electron chi connectivity index (χ2n) is 4.25. The molecule has 1 unspecified atom stereocenters. The zero-order chi connectivity index (χ0) is 13.3. The molecule has 0 amide bonds. The van der Waals surface area contributed by atoms with Crippen LogP contribution in [0.15, 0.2) is 23.1 Å². The number of benzene rings is 1. The van der Waals surface area contributed by atoms with Crippen molar-refractivity contribution in [3.8, 4) is 0 Å². The van der Waals surface area contributed by atoms with Crippen LogP contribution < -0.4 is 0 Å². The van der Waals surface area contributed by atoms with Crippen LogP contribution in [-0.4, -0.2) is 31.7 Å². The van der Waals surface area contributed by atoms with E-state index in [4.69, 9.17) is 11.6 Å². The van der Waals surface area contributed by atoms with E-state index >= 15 is 0 Å². The maximum atomic E-state index is 13.5. The lowest BCUT2D eigenvalue weighted by atomic mass is 10.2. The third-order valence-electron chi connectivity index (χ3n) is 2.98. The van der Waals surface area contributed by atoms with Crippen molar-refractivity contribution in [1.29, 1.82) is 0 Å². The third-order valence-corrected chi connectivity index (χ3v) is 5.31. The summed E-state index contributed by atoms with van der Waals surface area (Å²) in [4.78, 5) is -0.487. The molecule has 0 N–H and O–H groups in total. The lowest BCUT2D eigenvalue weighted by molar-refractivity contribution is 0.457. The van der Waals surface area contributed by atoms with Gasteiger partial charge < -0.3 is 0 Å². The minimum Gasteiger partial charge on any atom is -0.207 e. The van der Waals surface area contributed by atoms with Gasteiger partial charge in [-0.2, -0.15) is 4.31 Å². The van der Waals surface area contributed by atoms with Crippen molar-refractivity contribution < 1.29 is 17.2 Å². The zero-order valence-corrected chi connectivity index (χ0v) is 11.0. The summed E-state index contributed by atoms with van der Waals surface area (Å²) in [6.45, 7) is 0.596. The Bertz CT molecular complexity index is 550. The molecule has 1 aromatic rings. The van der Waals surface area contributed by atoms with Crippen LogP contribution in [0.1, 0.15) is 6.42 Å². The lowest BCUT2D eigenvalue weighted by Gasteiger charge is -2.16. The molecule has 1 aliphatic heterocycles. The number of nitrogens with zero attached hydrogens (tertiary/aromatic N) is 1. The summed E-state index contributed by atoms with van der Waals surface area (Å²) in [6.07, 6.45) is 0.658. The van der Waals surface area contributed by atoms with Crippen LogP contribution in [0.3, 0.4) is 0 Å². The average Bonchev–Trinajstić information content (AvgIpc) is 2.77. The summed E-state index contributed by atoms with van der Waals surface area (Å²) in [6, 6.07) is 2.46. The largest absolute Gasteiger partial charge is 0.245 e. The van der Waals surface area contributed by atoms with Gasteiger partial charge in [0.15, 0.2) is 0 Å². The van der Waals surface area contributed by atoms with Crippen LogP contribution in [0.4, 0.5) is 8.78 Å². The fraction of sp³-hybridized carbons (Fsp3) is 0.455. The second kappa shape index (κ2) is 5.11. The first-order valence-electron chi connectivity index (χ1n) is 5.46. The van der Waals surface area contributed by atoms with Crippen LogP contribution in [-0.2, 0) is 10.0 Å². The Hall–Kier alpha value is -0.720. The molecular formula is C11H12ClF2NO2S. The van der Waals surface area contributed by atoms with Crippen molar-refractivity contribution in [2.75, 3.05) is 19.0 Å². The van der Waals surface area contributed by atoms with E-state index in [1.807, 2.05) is 0 Å². The van der Waals surface area contributed by atoms with Gasteiger partial charge in [0.05, 0.1) is 0 Å². The predicted molar refractivity (Wildman–Crippen MR) is 63.9 cm³/mol. The standard InChI is InChI=1S/C11H12ClF2NO2S/c12-6-8-3-4-15(7-8)18(16,17)11-2-1-9(13)5-10(11)14/h1-2,5,8H,3-4,6-7H2. The van der Waals surface area contributed by atoms with Gasteiger partial charge in [0.1, 0.15) is 16.5 Å². The Balaban J connectivity index is 2.31. The predicted octanol–water partition coefficient (Wildman–Crippen LogP) is 2.21. The van der Waals surface area contributed by atoms with Crippen molar-refractivity contribution in [2.24, 2.45) is 5.92 Å². The Morgan fingerprint density at radius 1 is 1.39 bits per heavy atom. The molecule has 0 aromatic heterocycles. The summed E-state index contributed by atoms with van der Waals surface area (Å²) in [5.41, 5.74) is 0. The fourth-order valence-corrected chi connectivity index (χ4v) is 3.79. The van der Waals surface area contributed by atoms with E-state index in [0.29, 0.717) is 24.9 Å². The monoisotopic (exact) mass is 295 g/mol. The van der Waals surface area contributed by atoms with Crippen molar-refractivity contribution in [3.63, 3.8) is 0 Å². The summed E-state index contributed by atoms with van der Waals surface area (Å²) in [5, 5.41) is 0. The molecule has 0 bridgehead atoms. The van der Waals surface area contributed by atoms with E-state index in [-0.39, 0.29) is 12.5 Å². The molecule has 0 spiro atoms. The molecule has 1 aliphatic rings. The number of alkyl halides is 1. The van der Waals surface area contributed by atoms with Crippen molar-refractivity contribution in [2.45, 2.75) is 11.3 Å². The molecule has 1 fully saturated rings. The van der Waals surface area contributed by atoms with Crippen LogP contribution in [0.5, 0.6) is 0 Å². The maximum absolute atomic E-state index is 13.5. The van der Waals surface area contributed by atoms with Crippen LogP contribution in [0, 0.1) is 17.6 Å². The molecule has 0 aliphatic carbocycles. The van der Waals surface area contributed by atoms with Gasteiger partial charge >= 0.3 is 0 Å². The molecule has 18 heavy (non-hydrogen) atoms. The first kappa shape index (κ1) is 13.7. The summed E-state index contributed by atoms with van der Waals surface area (Å²) in [5.74, 6) is -1.40. The highest BCUT2D eigenvalue weighted by Crippen LogP contribution is 2.26. The van der Waals surface area contributed by atoms with E-state index in [9.17, 15) is 17.2 Å². The van der Waals surface area contributed by atoms with E-state index in [2.05, 4.69) is 0 Å². The van der Waals surface area contributed by atoms with Gasteiger partial charge in [-0.1, -0.05) is 0 Å². The first-order chi connectivity index (χ1) is 8.45. The molecule has 1 aromatic carbocycles. The topological polar surface area (TPSA) is 37.4 Å². The fourth-order valence-electron chi connectivity index (χ4n) is 1.96. The van der Waals surface area contributed by atoms with E-state index in [1.165, 1.54) is 4.31 Å². The van der Waals surface area contributed by atoms with Crippen LogP contribution in [0.2, 0.25) is 0 Å². The lowest BCUT2D eigenvalue weighted by Crippen LogP contribution is -2.29. The van der Waals surface area contributed by atoms with E-state index < -0.39 is 26.6 Å². The first-order valence-corrected chi connectivity index (χ1v) is 7.44. The summed E-state index contributed by atoms with van der Waals surface area (Å²) >= 11 is 5.68. The second-order valence-corrected chi connectivity index (χ2v) is 6.46. The van der Waals surface area contributed by atoms with Gasteiger partial charge in [0.25, 0.3) is 0 Å². The molecule has 1 heterocycles. The average molecular weight is 296 g/mol. The van der Waals surface area contributed by atoms with Crippen molar-refractivity contribution in [1.82, 2.24) is 4.31 Å². The van der Waals surface area contributed by atoms with Gasteiger partial charge in [-0.3, -0.25) is 0 Å². The zero-order valence-electron chi connectivity index (χ0n) is 9.44. The van der Waals surface area contributed by atoms with Crippen molar-refractivity contribution in [3.05, 3.63) is 29.8 Å². The van der Waals surface area contributed by atoms with Gasteiger partial charge in [-0.15, -0.1) is 11.6 Å².